The average Bonchev–Trinajstić information content (AvgIpc) is 2.66. The quantitative estimate of drug-likeness (QED) is 0.617. The van der Waals surface area contributed by atoms with Gasteiger partial charge in [0, 0.05) is 30.4 Å². The number of aryl methyl sites for hydroxylation is 1. The number of rotatable bonds is 1. The smallest absolute Gasteiger partial charge is 0.163 e. The highest BCUT2D eigenvalue weighted by molar-refractivity contribution is 5.79. The van der Waals surface area contributed by atoms with Gasteiger partial charge in [0.05, 0.1) is 5.69 Å². The third kappa shape index (κ3) is 1.27. The zero-order valence-electron chi connectivity index (χ0n) is 8.83. The summed E-state index contributed by atoms with van der Waals surface area (Å²) < 4.78 is 1.80. The first kappa shape index (κ1) is 9.03. The fourth-order valence-corrected chi connectivity index (χ4v) is 1.85. The minimum Gasteiger partial charge on any atom is -0.265 e. The highest BCUT2D eigenvalue weighted by Gasteiger charge is 2.11. The van der Waals surface area contributed by atoms with Crippen LogP contribution in [0.3, 0.4) is 0 Å². The van der Waals surface area contributed by atoms with Crippen LogP contribution in [0.4, 0.5) is 0 Å². The van der Waals surface area contributed by atoms with Gasteiger partial charge in [0.1, 0.15) is 0 Å². The number of pyridine rings is 1. The first-order valence-electron chi connectivity index (χ1n) is 5.06. The van der Waals surface area contributed by atoms with Crippen LogP contribution in [0.15, 0.2) is 43.0 Å². The van der Waals surface area contributed by atoms with Crippen LogP contribution in [-0.2, 0) is 0 Å². The second kappa shape index (κ2) is 3.41. The Morgan fingerprint density at radius 1 is 1.12 bits per heavy atom. The van der Waals surface area contributed by atoms with Crippen LogP contribution >= 0.6 is 0 Å². The molecule has 3 heterocycles. The molecule has 0 bridgehead atoms. The van der Waals surface area contributed by atoms with Crippen molar-refractivity contribution in [3.05, 3.63) is 48.7 Å². The SMILES string of the molecule is Cc1nn2cccnc2c1-c1ccncc1. The van der Waals surface area contributed by atoms with E-state index < -0.39 is 0 Å². The topological polar surface area (TPSA) is 43.1 Å². The second-order valence-corrected chi connectivity index (χ2v) is 3.58. The van der Waals surface area contributed by atoms with Crippen LogP contribution in [0.5, 0.6) is 0 Å². The summed E-state index contributed by atoms with van der Waals surface area (Å²) in [6.45, 7) is 1.99. The maximum Gasteiger partial charge on any atom is 0.163 e. The lowest BCUT2D eigenvalue weighted by Crippen LogP contribution is -1.87. The Labute approximate surface area is 92.6 Å². The van der Waals surface area contributed by atoms with E-state index in [2.05, 4.69) is 15.1 Å². The monoisotopic (exact) mass is 210 g/mol. The average molecular weight is 210 g/mol. The van der Waals surface area contributed by atoms with Crippen molar-refractivity contribution >= 4 is 5.65 Å². The first-order valence-corrected chi connectivity index (χ1v) is 5.06. The number of aromatic nitrogens is 4. The Hall–Kier alpha value is -2.23. The van der Waals surface area contributed by atoms with Gasteiger partial charge >= 0.3 is 0 Å². The van der Waals surface area contributed by atoms with Gasteiger partial charge < -0.3 is 0 Å². The molecule has 0 aliphatic heterocycles. The molecule has 0 atom stereocenters. The highest BCUT2D eigenvalue weighted by Crippen LogP contribution is 2.25. The van der Waals surface area contributed by atoms with Crippen LogP contribution < -0.4 is 0 Å². The van der Waals surface area contributed by atoms with Crippen LogP contribution in [0, 0.1) is 6.92 Å². The summed E-state index contributed by atoms with van der Waals surface area (Å²) in [5.74, 6) is 0. The highest BCUT2D eigenvalue weighted by atomic mass is 15.2. The van der Waals surface area contributed by atoms with Crippen LogP contribution in [0.2, 0.25) is 0 Å². The Bertz CT molecular complexity index is 628. The molecule has 3 aromatic rings. The van der Waals surface area contributed by atoms with Gasteiger partial charge in [0.25, 0.3) is 0 Å². The van der Waals surface area contributed by atoms with E-state index in [0.29, 0.717) is 0 Å². The van der Waals surface area contributed by atoms with Crippen LogP contribution in [-0.4, -0.2) is 19.6 Å². The van der Waals surface area contributed by atoms with Gasteiger partial charge in [-0.05, 0) is 30.7 Å². The molecular weight excluding hydrogens is 200 g/mol. The maximum atomic E-state index is 4.42. The zero-order chi connectivity index (χ0) is 11.0. The van der Waals surface area contributed by atoms with Crippen molar-refractivity contribution in [1.82, 2.24) is 19.6 Å². The fourth-order valence-electron chi connectivity index (χ4n) is 1.85. The molecule has 4 nitrogen and oxygen atoms in total. The summed E-state index contributed by atoms with van der Waals surface area (Å²) in [5, 5.41) is 4.42. The summed E-state index contributed by atoms with van der Waals surface area (Å²) in [4.78, 5) is 8.38. The predicted octanol–water partition coefficient (Wildman–Crippen LogP) is 2.10. The van der Waals surface area contributed by atoms with Gasteiger partial charge in [0.2, 0.25) is 0 Å². The Balaban J connectivity index is 2.35. The van der Waals surface area contributed by atoms with Crippen molar-refractivity contribution in [2.45, 2.75) is 6.92 Å². The number of hydrogen-bond acceptors (Lipinski definition) is 3. The summed E-state index contributed by atoms with van der Waals surface area (Å²) in [6, 6.07) is 5.81. The molecule has 0 saturated carbocycles. The Morgan fingerprint density at radius 2 is 1.94 bits per heavy atom. The van der Waals surface area contributed by atoms with Crippen molar-refractivity contribution in [1.29, 1.82) is 0 Å². The van der Waals surface area contributed by atoms with Gasteiger partial charge in [-0.25, -0.2) is 9.50 Å². The Morgan fingerprint density at radius 3 is 2.75 bits per heavy atom. The molecule has 0 N–H and O–H groups in total. The van der Waals surface area contributed by atoms with E-state index in [1.54, 1.807) is 23.1 Å². The van der Waals surface area contributed by atoms with Gasteiger partial charge in [-0.2, -0.15) is 5.10 Å². The molecule has 4 heteroatoms. The van der Waals surface area contributed by atoms with Gasteiger partial charge in [-0.15, -0.1) is 0 Å². The van der Waals surface area contributed by atoms with E-state index in [9.17, 15) is 0 Å². The molecule has 78 valence electrons. The van der Waals surface area contributed by atoms with E-state index in [1.807, 2.05) is 31.3 Å². The summed E-state index contributed by atoms with van der Waals surface area (Å²) in [5.41, 5.74) is 4.03. The minimum atomic E-state index is 0.881. The molecule has 0 aliphatic rings. The lowest BCUT2D eigenvalue weighted by molar-refractivity contribution is 0.917. The van der Waals surface area contributed by atoms with E-state index in [-0.39, 0.29) is 0 Å². The van der Waals surface area contributed by atoms with Crippen molar-refractivity contribution < 1.29 is 0 Å². The molecule has 0 aromatic carbocycles. The zero-order valence-corrected chi connectivity index (χ0v) is 8.83. The molecule has 0 amide bonds. The molecule has 0 unspecified atom stereocenters. The molecule has 0 spiro atoms. The molecule has 3 aromatic heterocycles. The van der Waals surface area contributed by atoms with Gasteiger partial charge in [-0.3, -0.25) is 4.98 Å². The molecule has 3 rings (SSSR count). The van der Waals surface area contributed by atoms with Gasteiger partial charge in [0.15, 0.2) is 5.65 Å². The van der Waals surface area contributed by atoms with E-state index in [4.69, 9.17) is 0 Å². The standard InChI is InChI=1S/C12H10N4/c1-9-11(10-3-6-13-7-4-10)12-14-5-2-8-16(12)15-9/h2-8H,1H3. The minimum absolute atomic E-state index is 0.881. The Kier molecular flexibility index (Phi) is 1.93. The third-order valence-electron chi connectivity index (χ3n) is 2.54. The first-order chi connectivity index (χ1) is 7.86. The summed E-state index contributed by atoms with van der Waals surface area (Å²) in [7, 11) is 0. The van der Waals surface area contributed by atoms with Gasteiger partial charge in [-0.1, -0.05) is 0 Å². The number of hydrogen-bond donors (Lipinski definition) is 0. The molecular formula is C12H10N4. The molecule has 0 saturated heterocycles. The van der Waals surface area contributed by atoms with Crippen molar-refractivity contribution in [2.24, 2.45) is 0 Å². The molecule has 0 radical (unpaired) electrons. The molecule has 0 aliphatic carbocycles. The normalized spacial score (nSPS) is 10.8. The van der Waals surface area contributed by atoms with E-state index in [0.717, 1.165) is 22.5 Å². The lowest BCUT2D eigenvalue weighted by atomic mass is 10.1. The largest absolute Gasteiger partial charge is 0.265 e. The van der Waals surface area contributed by atoms with Crippen molar-refractivity contribution in [2.75, 3.05) is 0 Å². The lowest BCUT2D eigenvalue weighted by Gasteiger charge is -1.98. The predicted molar refractivity (Wildman–Crippen MR) is 61.0 cm³/mol. The third-order valence-corrected chi connectivity index (χ3v) is 2.54. The molecule has 0 fully saturated rings. The summed E-state index contributed by atoms with van der Waals surface area (Å²) >= 11 is 0. The summed E-state index contributed by atoms with van der Waals surface area (Å²) in [6.07, 6.45) is 7.24. The van der Waals surface area contributed by atoms with E-state index in [1.165, 1.54) is 0 Å². The number of nitrogens with zero attached hydrogens (tertiary/aromatic N) is 4. The molecule has 16 heavy (non-hydrogen) atoms. The second-order valence-electron chi connectivity index (χ2n) is 3.58. The fraction of sp³-hybridized carbons (Fsp3) is 0.0833. The van der Waals surface area contributed by atoms with Crippen molar-refractivity contribution in [3.8, 4) is 11.1 Å². The van der Waals surface area contributed by atoms with Crippen LogP contribution in [0.25, 0.3) is 16.8 Å². The maximum absolute atomic E-state index is 4.42. The van der Waals surface area contributed by atoms with Crippen LogP contribution in [0.1, 0.15) is 5.69 Å². The van der Waals surface area contributed by atoms with Crippen molar-refractivity contribution in [3.63, 3.8) is 0 Å². The number of fused-ring (bicyclic) bond motifs is 1. The van der Waals surface area contributed by atoms with E-state index >= 15 is 0 Å².